The largest absolute Gasteiger partial charge is 0.390 e. The molecule has 9 heteroatoms. The Morgan fingerprint density at radius 2 is 2.11 bits per heavy atom. The molecule has 148 valence electrons. The number of nitrogens with one attached hydrogen (secondary N) is 1. The molecule has 0 saturated carbocycles. The summed E-state index contributed by atoms with van der Waals surface area (Å²) in [6.45, 7) is 3.16. The third-order valence-corrected chi connectivity index (χ3v) is 4.97. The fraction of sp³-hybridized carbons (Fsp3) is 0.421. The van der Waals surface area contributed by atoms with E-state index < -0.39 is 6.30 Å². The lowest BCUT2D eigenvalue weighted by molar-refractivity contribution is -0.135. The number of oxime groups is 1. The van der Waals surface area contributed by atoms with Crippen LogP contribution in [0.1, 0.15) is 18.9 Å². The van der Waals surface area contributed by atoms with E-state index in [4.69, 9.17) is 9.36 Å². The Kier molecular flexibility index (Phi) is 5.14. The number of carbonyl (C=O) groups excluding carboxylic acids is 1. The summed E-state index contributed by atoms with van der Waals surface area (Å²) in [6.07, 6.45) is 0.843. The first-order chi connectivity index (χ1) is 13.6. The predicted octanol–water partition coefficient (Wildman–Crippen LogP) is 2.24. The highest BCUT2D eigenvalue weighted by Crippen LogP contribution is 2.23. The van der Waals surface area contributed by atoms with E-state index >= 15 is 0 Å². The first-order valence-electron chi connectivity index (χ1n) is 9.24. The van der Waals surface area contributed by atoms with Gasteiger partial charge in [-0.15, -0.1) is 0 Å². The number of nitrogens with zero attached hydrogens (tertiary/aromatic N) is 4. The van der Waals surface area contributed by atoms with Crippen LogP contribution in [0.3, 0.4) is 0 Å². The summed E-state index contributed by atoms with van der Waals surface area (Å²) >= 11 is 0. The average molecular weight is 387 g/mol. The molecule has 0 radical (unpaired) electrons. The summed E-state index contributed by atoms with van der Waals surface area (Å²) in [7, 11) is 0. The number of aromatic nitrogens is 1. The van der Waals surface area contributed by atoms with Gasteiger partial charge in [0.15, 0.2) is 12.1 Å². The van der Waals surface area contributed by atoms with Crippen LogP contribution in [0.5, 0.6) is 0 Å². The van der Waals surface area contributed by atoms with Crippen LogP contribution in [-0.4, -0.2) is 60.3 Å². The van der Waals surface area contributed by atoms with Crippen LogP contribution in [0.4, 0.5) is 15.9 Å². The highest BCUT2D eigenvalue weighted by molar-refractivity contribution is 6.01. The van der Waals surface area contributed by atoms with Crippen molar-refractivity contribution in [1.82, 2.24) is 10.1 Å². The number of amides is 1. The van der Waals surface area contributed by atoms with Crippen molar-refractivity contribution in [2.24, 2.45) is 5.16 Å². The van der Waals surface area contributed by atoms with E-state index in [9.17, 15) is 9.18 Å². The molecule has 1 amide bonds. The molecule has 4 rings (SSSR count). The lowest BCUT2D eigenvalue weighted by Gasteiger charge is -2.38. The monoisotopic (exact) mass is 387 g/mol. The molecule has 1 aromatic carbocycles. The second-order valence-corrected chi connectivity index (χ2v) is 6.87. The number of carbonyl (C=O) groups is 1. The number of alkyl halides is 1. The quantitative estimate of drug-likeness (QED) is 0.793. The van der Waals surface area contributed by atoms with E-state index in [2.05, 4.69) is 15.6 Å². The Morgan fingerprint density at radius 1 is 1.29 bits per heavy atom. The molecule has 0 bridgehead atoms. The topological polar surface area (TPSA) is 83.2 Å². The number of piperazine rings is 1. The third-order valence-electron chi connectivity index (χ3n) is 4.97. The summed E-state index contributed by atoms with van der Waals surface area (Å²) in [6, 6.07) is 9.59. The molecule has 2 aliphatic rings. The predicted molar refractivity (Wildman–Crippen MR) is 102 cm³/mol. The number of hydrogen-bond acceptors (Lipinski definition) is 7. The summed E-state index contributed by atoms with van der Waals surface area (Å²) in [5.74, 6) is 0.437. The molecule has 0 aliphatic carbocycles. The molecule has 8 nitrogen and oxygen atoms in total. The zero-order valence-electron chi connectivity index (χ0n) is 15.5. The minimum atomic E-state index is -1.28. The zero-order valence-corrected chi connectivity index (χ0v) is 15.5. The summed E-state index contributed by atoms with van der Waals surface area (Å²) in [4.78, 5) is 20.1. The fourth-order valence-electron chi connectivity index (χ4n) is 3.42. The lowest BCUT2D eigenvalue weighted by atomic mass is 10.0. The van der Waals surface area contributed by atoms with Crippen molar-refractivity contribution in [2.45, 2.75) is 25.7 Å². The van der Waals surface area contributed by atoms with Crippen molar-refractivity contribution in [1.29, 1.82) is 0 Å². The van der Waals surface area contributed by atoms with E-state index in [0.717, 1.165) is 17.0 Å². The minimum absolute atomic E-state index is 0.0710. The molecule has 2 aliphatic heterocycles. The fourth-order valence-corrected chi connectivity index (χ4v) is 3.42. The Labute approximate surface area is 161 Å². The first-order valence-corrected chi connectivity index (χ1v) is 9.24. The van der Waals surface area contributed by atoms with Gasteiger partial charge < -0.3 is 24.5 Å². The molecule has 1 N–H and O–H groups in total. The molecule has 3 heterocycles. The smallest absolute Gasteiger partial charge is 0.221 e. The zero-order chi connectivity index (χ0) is 19.5. The van der Waals surface area contributed by atoms with E-state index in [1.165, 1.54) is 18.1 Å². The molecule has 28 heavy (non-hydrogen) atoms. The Bertz CT molecular complexity index is 840. The molecular formula is C19H22FN5O3. The van der Waals surface area contributed by atoms with Crippen LogP contribution in [0.25, 0.3) is 0 Å². The van der Waals surface area contributed by atoms with Gasteiger partial charge in [-0.05, 0) is 17.7 Å². The van der Waals surface area contributed by atoms with Crippen LogP contribution >= 0.6 is 0 Å². The van der Waals surface area contributed by atoms with Gasteiger partial charge in [0.1, 0.15) is 12.4 Å². The Hall–Kier alpha value is -3.10. The molecule has 1 saturated heterocycles. The molecule has 2 aromatic rings. The van der Waals surface area contributed by atoms with Crippen LogP contribution in [0, 0.1) is 0 Å². The maximum Gasteiger partial charge on any atom is 0.221 e. The van der Waals surface area contributed by atoms with E-state index in [-0.39, 0.29) is 18.6 Å². The average Bonchev–Trinajstić information content (AvgIpc) is 3.38. The normalized spacial score (nSPS) is 22.0. The van der Waals surface area contributed by atoms with Gasteiger partial charge >= 0.3 is 0 Å². The lowest BCUT2D eigenvalue weighted by Crippen LogP contribution is -2.52. The van der Waals surface area contributed by atoms with E-state index in [1.807, 2.05) is 29.2 Å². The van der Waals surface area contributed by atoms with Crippen molar-refractivity contribution in [3.8, 4) is 0 Å². The molecular weight excluding hydrogens is 365 g/mol. The van der Waals surface area contributed by atoms with Gasteiger partial charge in [-0.2, -0.15) is 0 Å². The van der Waals surface area contributed by atoms with Crippen LogP contribution in [0.15, 0.2) is 46.3 Å². The highest BCUT2D eigenvalue weighted by Gasteiger charge is 2.28. The molecule has 1 aromatic heterocycles. The Balaban J connectivity index is 1.32. The van der Waals surface area contributed by atoms with Gasteiger partial charge in [-0.25, -0.2) is 4.39 Å². The van der Waals surface area contributed by atoms with Gasteiger partial charge in [0.05, 0.1) is 18.8 Å². The number of anilines is 2. The molecule has 1 fully saturated rings. The van der Waals surface area contributed by atoms with Crippen LogP contribution < -0.4 is 10.2 Å². The van der Waals surface area contributed by atoms with Crippen molar-refractivity contribution < 1.29 is 18.5 Å². The number of hydrogen-bond donors (Lipinski definition) is 1. The van der Waals surface area contributed by atoms with Crippen LogP contribution in [-0.2, 0) is 9.63 Å². The summed E-state index contributed by atoms with van der Waals surface area (Å²) in [5, 5.41) is 11.1. The summed E-state index contributed by atoms with van der Waals surface area (Å²) < 4.78 is 19.0. The minimum Gasteiger partial charge on any atom is -0.390 e. The third kappa shape index (κ3) is 3.92. The van der Waals surface area contributed by atoms with Gasteiger partial charge in [-0.3, -0.25) is 4.79 Å². The number of rotatable bonds is 5. The summed E-state index contributed by atoms with van der Waals surface area (Å²) in [5.41, 5.74) is 2.79. The van der Waals surface area contributed by atoms with Crippen molar-refractivity contribution in [3.63, 3.8) is 0 Å². The SMILES string of the molecule is CC(=O)N1CCN(c2ccc(C3=NO[C@H](CNc4ccon4)C3)cc2)CC1F. The highest BCUT2D eigenvalue weighted by atomic mass is 19.1. The second-order valence-electron chi connectivity index (χ2n) is 6.87. The van der Waals surface area contributed by atoms with Gasteiger partial charge in [0, 0.05) is 38.2 Å². The number of benzene rings is 1. The van der Waals surface area contributed by atoms with Crippen molar-refractivity contribution in [2.75, 3.05) is 36.4 Å². The Morgan fingerprint density at radius 3 is 2.79 bits per heavy atom. The standard InChI is InChI=1S/C19H22FN5O3/c1-13(26)25-8-7-24(12-18(25)20)15-4-2-14(3-5-15)17-10-16(28-22-17)11-21-19-6-9-27-23-19/h2-6,9,16,18H,7-8,10-12H2,1H3,(H,21,23)/t16-,18?/m0/s1. The van der Waals surface area contributed by atoms with Crippen molar-refractivity contribution in [3.05, 3.63) is 42.2 Å². The van der Waals surface area contributed by atoms with Crippen molar-refractivity contribution >= 4 is 23.1 Å². The van der Waals surface area contributed by atoms with E-state index in [1.54, 1.807) is 6.07 Å². The molecule has 2 atom stereocenters. The van der Waals surface area contributed by atoms with Gasteiger partial charge in [0.2, 0.25) is 5.91 Å². The van der Waals surface area contributed by atoms with Gasteiger partial charge in [0.25, 0.3) is 0 Å². The van der Waals surface area contributed by atoms with Crippen LogP contribution in [0.2, 0.25) is 0 Å². The second kappa shape index (κ2) is 7.87. The maximum absolute atomic E-state index is 14.2. The molecule has 1 unspecified atom stereocenters. The van der Waals surface area contributed by atoms with E-state index in [0.29, 0.717) is 31.9 Å². The van der Waals surface area contributed by atoms with Gasteiger partial charge in [-0.1, -0.05) is 22.4 Å². The first kappa shape index (κ1) is 18.3. The maximum atomic E-state index is 14.2. The number of halogens is 1. The molecule has 0 spiro atoms.